The Morgan fingerprint density at radius 1 is 1.15 bits per heavy atom. The van der Waals surface area contributed by atoms with E-state index in [-0.39, 0.29) is 6.03 Å². The van der Waals surface area contributed by atoms with Crippen LogP contribution in [0.15, 0.2) is 24.3 Å². The standard InChI is InChI=1S/C19H25N5O3/c1-4-27-16-8-6-5-7-15(16)22-19(25)23-17-13(2)20-18(21-14(17)3)24-9-11-26-12-10-24/h5-8H,4,9-12H2,1-3H3,(H2,22,23,25). The second-order valence-electron chi connectivity index (χ2n) is 6.18. The maximum Gasteiger partial charge on any atom is 0.323 e. The first-order valence-electron chi connectivity index (χ1n) is 9.06. The zero-order valence-electron chi connectivity index (χ0n) is 15.9. The Morgan fingerprint density at radius 3 is 2.48 bits per heavy atom. The van der Waals surface area contributed by atoms with Crippen molar-refractivity contribution in [3.05, 3.63) is 35.7 Å². The summed E-state index contributed by atoms with van der Waals surface area (Å²) < 4.78 is 10.9. The van der Waals surface area contributed by atoms with Gasteiger partial charge in [0.15, 0.2) is 0 Å². The number of carbonyl (C=O) groups is 1. The lowest BCUT2D eigenvalue weighted by Gasteiger charge is -2.27. The monoisotopic (exact) mass is 371 g/mol. The highest BCUT2D eigenvalue weighted by Crippen LogP contribution is 2.25. The average Bonchev–Trinajstić information content (AvgIpc) is 2.67. The molecule has 3 rings (SSSR count). The van der Waals surface area contributed by atoms with Crippen molar-refractivity contribution in [2.75, 3.05) is 48.4 Å². The van der Waals surface area contributed by atoms with Crippen LogP contribution in [0.5, 0.6) is 5.75 Å². The van der Waals surface area contributed by atoms with Crippen molar-refractivity contribution in [1.29, 1.82) is 0 Å². The first-order valence-corrected chi connectivity index (χ1v) is 9.06. The molecule has 1 aromatic carbocycles. The molecule has 2 amide bonds. The first kappa shape index (κ1) is 18.9. The van der Waals surface area contributed by atoms with E-state index in [2.05, 4.69) is 25.5 Å². The molecule has 2 aromatic rings. The van der Waals surface area contributed by atoms with E-state index in [0.717, 1.165) is 24.5 Å². The summed E-state index contributed by atoms with van der Waals surface area (Å²) in [6, 6.07) is 6.95. The predicted molar refractivity (Wildman–Crippen MR) is 105 cm³/mol. The molecule has 1 aromatic heterocycles. The van der Waals surface area contributed by atoms with Crippen LogP contribution in [-0.4, -0.2) is 48.9 Å². The third kappa shape index (κ3) is 4.65. The molecule has 0 radical (unpaired) electrons. The third-order valence-electron chi connectivity index (χ3n) is 4.23. The van der Waals surface area contributed by atoms with Crippen molar-refractivity contribution in [3.63, 3.8) is 0 Å². The lowest BCUT2D eigenvalue weighted by Crippen LogP contribution is -2.37. The number of nitrogens with zero attached hydrogens (tertiary/aromatic N) is 3. The van der Waals surface area contributed by atoms with Gasteiger partial charge in [-0.2, -0.15) is 0 Å². The molecule has 8 heteroatoms. The number of ether oxygens (including phenoxy) is 2. The average molecular weight is 371 g/mol. The Morgan fingerprint density at radius 2 is 1.81 bits per heavy atom. The minimum absolute atomic E-state index is 0.365. The summed E-state index contributed by atoms with van der Waals surface area (Å²) in [6.45, 7) is 9.02. The van der Waals surface area contributed by atoms with Crippen LogP contribution in [0.2, 0.25) is 0 Å². The highest BCUT2D eigenvalue weighted by molar-refractivity contribution is 6.01. The van der Waals surface area contributed by atoms with Crippen LogP contribution in [0, 0.1) is 13.8 Å². The van der Waals surface area contributed by atoms with Crippen molar-refractivity contribution in [3.8, 4) is 5.75 Å². The SMILES string of the molecule is CCOc1ccccc1NC(=O)Nc1c(C)nc(N2CCOCC2)nc1C. The number of benzene rings is 1. The fraction of sp³-hybridized carbons (Fsp3) is 0.421. The molecular formula is C19H25N5O3. The maximum absolute atomic E-state index is 12.5. The number of morpholine rings is 1. The summed E-state index contributed by atoms with van der Waals surface area (Å²) in [7, 11) is 0. The number of rotatable bonds is 5. The number of anilines is 3. The van der Waals surface area contributed by atoms with Crippen LogP contribution in [0.3, 0.4) is 0 Å². The quantitative estimate of drug-likeness (QED) is 0.840. The number of aromatic nitrogens is 2. The van der Waals surface area contributed by atoms with Gasteiger partial charge in [0.25, 0.3) is 0 Å². The van der Waals surface area contributed by atoms with Crippen LogP contribution in [0.4, 0.5) is 22.1 Å². The van der Waals surface area contributed by atoms with Gasteiger partial charge in [-0.3, -0.25) is 0 Å². The predicted octanol–water partition coefficient (Wildman–Crippen LogP) is 2.97. The number of carbonyl (C=O) groups excluding carboxylic acids is 1. The van der Waals surface area contributed by atoms with Gasteiger partial charge in [0, 0.05) is 13.1 Å². The van der Waals surface area contributed by atoms with Gasteiger partial charge in [-0.1, -0.05) is 12.1 Å². The van der Waals surface area contributed by atoms with Crippen molar-refractivity contribution >= 4 is 23.4 Å². The Hall–Kier alpha value is -2.87. The molecule has 1 aliphatic rings. The molecule has 27 heavy (non-hydrogen) atoms. The highest BCUT2D eigenvalue weighted by atomic mass is 16.5. The largest absolute Gasteiger partial charge is 0.492 e. The molecule has 0 atom stereocenters. The molecule has 0 bridgehead atoms. The molecule has 2 heterocycles. The number of amides is 2. The molecule has 8 nitrogen and oxygen atoms in total. The van der Waals surface area contributed by atoms with E-state index in [0.29, 0.717) is 42.9 Å². The maximum atomic E-state index is 12.5. The molecule has 0 saturated carbocycles. The number of hydrogen-bond acceptors (Lipinski definition) is 6. The lowest BCUT2D eigenvalue weighted by molar-refractivity contribution is 0.122. The zero-order chi connectivity index (χ0) is 19.2. The van der Waals surface area contributed by atoms with Crippen molar-refractivity contribution in [1.82, 2.24) is 9.97 Å². The molecule has 1 saturated heterocycles. The summed E-state index contributed by atoms with van der Waals surface area (Å²) in [5, 5.41) is 5.67. The van der Waals surface area contributed by atoms with Crippen molar-refractivity contribution < 1.29 is 14.3 Å². The smallest absolute Gasteiger partial charge is 0.323 e. The number of nitrogens with one attached hydrogen (secondary N) is 2. The van der Waals surface area contributed by atoms with E-state index in [1.165, 1.54) is 0 Å². The van der Waals surface area contributed by atoms with E-state index in [1.807, 2.05) is 39.0 Å². The van der Waals surface area contributed by atoms with E-state index in [9.17, 15) is 4.79 Å². The van der Waals surface area contributed by atoms with Gasteiger partial charge in [0.1, 0.15) is 5.75 Å². The molecule has 0 unspecified atom stereocenters. The second-order valence-corrected chi connectivity index (χ2v) is 6.18. The molecule has 0 aliphatic carbocycles. The fourth-order valence-electron chi connectivity index (χ4n) is 2.90. The van der Waals surface area contributed by atoms with E-state index in [4.69, 9.17) is 9.47 Å². The Bertz CT molecular complexity index is 783. The van der Waals surface area contributed by atoms with Gasteiger partial charge in [-0.25, -0.2) is 14.8 Å². The first-order chi connectivity index (χ1) is 13.1. The van der Waals surface area contributed by atoms with E-state index < -0.39 is 0 Å². The van der Waals surface area contributed by atoms with Gasteiger partial charge in [-0.15, -0.1) is 0 Å². The number of para-hydroxylation sites is 2. The topological polar surface area (TPSA) is 88.6 Å². The molecule has 1 fully saturated rings. The summed E-state index contributed by atoms with van der Waals surface area (Å²) in [4.78, 5) is 23.7. The van der Waals surface area contributed by atoms with Crippen LogP contribution in [0.1, 0.15) is 18.3 Å². The number of urea groups is 1. The Labute approximate surface area is 158 Å². The van der Waals surface area contributed by atoms with Crippen LogP contribution < -0.4 is 20.3 Å². The Kier molecular flexibility index (Phi) is 6.08. The number of hydrogen-bond donors (Lipinski definition) is 2. The summed E-state index contributed by atoms with van der Waals surface area (Å²) in [5.74, 6) is 1.29. The van der Waals surface area contributed by atoms with Gasteiger partial charge in [0.2, 0.25) is 5.95 Å². The lowest BCUT2D eigenvalue weighted by atomic mass is 10.2. The van der Waals surface area contributed by atoms with Crippen LogP contribution in [-0.2, 0) is 4.74 Å². The van der Waals surface area contributed by atoms with Crippen LogP contribution in [0.25, 0.3) is 0 Å². The van der Waals surface area contributed by atoms with Gasteiger partial charge < -0.3 is 25.0 Å². The van der Waals surface area contributed by atoms with E-state index in [1.54, 1.807) is 6.07 Å². The normalized spacial score (nSPS) is 14.0. The Balaban J connectivity index is 1.72. The molecular weight excluding hydrogens is 346 g/mol. The highest BCUT2D eigenvalue weighted by Gasteiger charge is 2.18. The zero-order valence-corrected chi connectivity index (χ0v) is 15.9. The summed E-state index contributed by atoms with van der Waals surface area (Å²) >= 11 is 0. The minimum Gasteiger partial charge on any atom is -0.492 e. The minimum atomic E-state index is -0.365. The van der Waals surface area contributed by atoms with Gasteiger partial charge >= 0.3 is 6.03 Å². The second kappa shape index (κ2) is 8.68. The van der Waals surface area contributed by atoms with Crippen molar-refractivity contribution in [2.24, 2.45) is 0 Å². The van der Waals surface area contributed by atoms with Crippen molar-refractivity contribution in [2.45, 2.75) is 20.8 Å². The van der Waals surface area contributed by atoms with Gasteiger partial charge in [0.05, 0.1) is 42.6 Å². The third-order valence-corrected chi connectivity index (χ3v) is 4.23. The molecule has 1 aliphatic heterocycles. The van der Waals surface area contributed by atoms with Crippen LogP contribution >= 0.6 is 0 Å². The fourth-order valence-corrected chi connectivity index (χ4v) is 2.90. The molecule has 0 spiro atoms. The van der Waals surface area contributed by atoms with E-state index >= 15 is 0 Å². The molecule has 2 N–H and O–H groups in total. The summed E-state index contributed by atoms with van der Waals surface area (Å²) in [5.41, 5.74) is 2.66. The molecule has 144 valence electrons. The summed E-state index contributed by atoms with van der Waals surface area (Å²) in [6.07, 6.45) is 0. The number of aryl methyl sites for hydroxylation is 2. The van der Waals surface area contributed by atoms with Gasteiger partial charge in [-0.05, 0) is 32.9 Å².